The molecule has 2 aromatic heterocycles. The van der Waals surface area contributed by atoms with E-state index in [1.807, 2.05) is 17.9 Å². The fraction of sp³-hybridized carbons (Fsp3) is 0.286. The molecular weight excluding hydrogens is 266 g/mol. The van der Waals surface area contributed by atoms with Gasteiger partial charge >= 0.3 is 0 Å². The molecule has 0 aromatic carbocycles. The lowest BCUT2D eigenvalue weighted by Crippen LogP contribution is -2.02. The molecule has 2 heterocycles. The SMILES string of the molecule is CNc1snnc1Cn1cc(Br)cn1. The average Bonchev–Trinajstić information content (AvgIpc) is 2.76. The summed E-state index contributed by atoms with van der Waals surface area (Å²) in [7, 11) is 1.86. The first-order chi connectivity index (χ1) is 6.79. The standard InChI is InChI=1S/C7H8BrN5S/c1-9-7-6(11-12-14-7)4-13-3-5(8)2-10-13/h2-3,9H,4H2,1H3. The number of halogens is 1. The van der Waals surface area contributed by atoms with E-state index in [0.29, 0.717) is 6.54 Å². The molecule has 0 aliphatic carbocycles. The highest BCUT2D eigenvalue weighted by molar-refractivity contribution is 9.10. The highest BCUT2D eigenvalue weighted by Gasteiger charge is 2.07. The predicted octanol–water partition coefficient (Wildman–Crippen LogP) is 1.59. The van der Waals surface area contributed by atoms with Crippen LogP contribution in [-0.2, 0) is 6.54 Å². The van der Waals surface area contributed by atoms with Gasteiger partial charge in [-0.1, -0.05) is 4.49 Å². The molecular formula is C7H8BrN5S. The quantitative estimate of drug-likeness (QED) is 0.923. The summed E-state index contributed by atoms with van der Waals surface area (Å²) in [6.45, 7) is 0.637. The van der Waals surface area contributed by atoms with Crippen LogP contribution < -0.4 is 5.32 Å². The van der Waals surface area contributed by atoms with E-state index in [4.69, 9.17) is 0 Å². The lowest BCUT2D eigenvalue weighted by Gasteiger charge is -1.99. The van der Waals surface area contributed by atoms with E-state index in [1.165, 1.54) is 11.5 Å². The number of hydrogen-bond donors (Lipinski definition) is 1. The number of hydrogen-bond acceptors (Lipinski definition) is 5. The van der Waals surface area contributed by atoms with Crippen molar-refractivity contribution in [2.24, 2.45) is 0 Å². The minimum absolute atomic E-state index is 0.637. The van der Waals surface area contributed by atoms with Crippen LogP contribution in [0.25, 0.3) is 0 Å². The Kier molecular flexibility index (Phi) is 2.78. The Hall–Kier alpha value is -0.950. The molecule has 0 aliphatic rings. The lowest BCUT2D eigenvalue weighted by atomic mass is 10.4. The van der Waals surface area contributed by atoms with Gasteiger partial charge in [0.25, 0.3) is 0 Å². The van der Waals surface area contributed by atoms with Crippen LogP contribution in [-0.4, -0.2) is 26.4 Å². The molecule has 2 rings (SSSR count). The van der Waals surface area contributed by atoms with Crippen LogP contribution in [0.15, 0.2) is 16.9 Å². The van der Waals surface area contributed by atoms with Crippen molar-refractivity contribution in [3.05, 3.63) is 22.6 Å². The second-order valence-corrected chi connectivity index (χ2v) is 4.32. The molecule has 14 heavy (non-hydrogen) atoms. The zero-order valence-corrected chi connectivity index (χ0v) is 9.84. The second-order valence-electron chi connectivity index (χ2n) is 2.65. The van der Waals surface area contributed by atoms with Gasteiger partial charge in [0.1, 0.15) is 10.7 Å². The Morgan fingerprint density at radius 1 is 1.64 bits per heavy atom. The monoisotopic (exact) mass is 273 g/mol. The molecule has 0 aliphatic heterocycles. The van der Waals surface area contributed by atoms with Crippen molar-refractivity contribution in [3.8, 4) is 0 Å². The third-order valence-corrected chi connectivity index (χ3v) is 2.89. The smallest absolute Gasteiger partial charge is 0.135 e. The van der Waals surface area contributed by atoms with Gasteiger partial charge in [-0.2, -0.15) is 5.10 Å². The third-order valence-electron chi connectivity index (χ3n) is 1.70. The normalized spacial score (nSPS) is 10.4. The molecule has 74 valence electrons. The maximum atomic E-state index is 4.14. The van der Waals surface area contributed by atoms with E-state index in [-0.39, 0.29) is 0 Å². The van der Waals surface area contributed by atoms with Gasteiger partial charge in [-0.05, 0) is 15.9 Å². The van der Waals surface area contributed by atoms with Crippen molar-refractivity contribution in [2.75, 3.05) is 12.4 Å². The van der Waals surface area contributed by atoms with E-state index in [0.717, 1.165) is 15.2 Å². The Balaban J connectivity index is 2.18. The van der Waals surface area contributed by atoms with E-state index < -0.39 is 0 Å². The number of rotatable bonds is 3. The Morgan fingerprint density at radius 2 is 2.50 bits per heavy atom. The van der Waals surface area contributed by atoms with Gasteiger partial charge in [0, 0.05) is 24.8 Å². The molecule has 0 unspecified atom stereocenters. The molecule has 7 heteroatoms. The summed E-state index contributed by atoms with van der Waals surface area (Å²) in [5.41, 5.74) is 0.910. The summed E-state index contributed by atoms with van der Waals surface area (Å²) in [4.78, 5) is 0. The highest BCUT2D eigenvalue weighted by Crippen LogP contribution is 2.18. The molecule has 5 nitrogen and oxygen atoms in total. The van der Waals surface area contributed by atoms with Gasteiger partial charge in [0.05, 0.1) is 17.2 Å². The molecule has 0 saturated carbocycles. The summed E-state index contributed by atoms with van der Waals surface area (Å²) in [6, 6.07) is 0. The minimum Gasteiger partial charge on any atom is -0.377 e. The maximum absolute atomic E-state index is 4.14. The average molecular weight is 274 g/mol. The van der Waals surface area contributed by atoms with Crippen molar-refractivity contribution < 1.29 is 0 Å². The summed E-state index contributed by atoms with van der Waals surface area (Å²) >= 11 is 4.69. The van der Waals surface area contributed by atoms with Gasteiger partial charge in [0.15, 0.2) is 0 Å². The Morgan fingerprint density at radius 3 is 3.14 bits per heavy atom. The van der Waals surface area contributed by atoms with Crippen molar-refractivity contribution in [1.29, 1.82) is 0 Å². The number of anilines is 1. The molecule has 1 N–H and O–H groups in total. The zero-order valence-electron chi connectivity index (χ0n) is 7.44. The zero-order chi connectivity index (χ0) is 9.97. The van der Waals surface area contributed by atoms with Crippen LogP contribution in [0.4, 0.5) is 5.00 Å². The second kappa shape index (κ2) is 4.05. The van der Waals surface area contributed by atoms with Crippen molar-refractivity contribution in [3.63, 3.8) is 0 Å². The van der Waals surface area contributed by atoms with Crippen LogP contribution in [0.1, 0.15) is 5.69 Å². The first-order valence-electron chi connectivity index (χ1n) is 3.96. The molecule has 0 amide bonds. The molecule has 0 fully saturated rings. The van der Waals surface area contributed by atoms with Crippen LogP contribution in [0.3, 0.4) is 0 Å². The maximum Gasteiger partial charge on any atom is 0.135 e. The summed E-state index contributed by atoms with van der Waals surface area (Å²) in [5.74, 6) is 0. The molecule has 0 atom stereocenters. The van der Waals surface area contributed by atoms with Gasteiger partial charge in [-0.25, -0.2) is 0 Å². The van der Waals surface area contributed by atoms with Crippen molar-refractivity contribution in [1.82, 2.24) is 19.4 Å². The molecule has 0 spiro atoms. The predicted molar refractivity (Wildman–Crippen MR) is 58.5 cm³/mol. The van der Waals surface area contributed by atoms with E-state index in [1.54, 1.807) is 6.20 Å². The van der Waals surface area contributed by atoms with E-state index in [2.05, 4.69) is 35.9 Å². The van der Waals surface area contributed by atoms with Gasteiger partial charge < -0.3 is 5.32 Å². The fourth-order valence-corrected chi connectivity index (χ4v) is 1.93. The molecule has 2 aromatic rings. The molecule has 0 radical (unpaired) electrons. The van der Waals surface area contributed by atoms with Gasteiger partial charge in [0.2, 0.25) is 0 Å². The first-order valence-corrected chi connectivity index (χ1v) is 5.53. The Bertz CT molecular complexity index is 423. The topological polar surface area (TPSA) is 55.6 Å². The van der Waals surface area contributed by atoms with Crippen LogP contribution >= 0.6 is 27.5 Å². The van der Waals surface area contributed by atoms with Crippen molar-refractivity contribution in [2.45, 2.75) is 6.54 Å². The van der Waals surface area contributed by atoms with E-state index >= 15 is 0 Å². The third kappa shape index (κ3) is 1.93. The number of aromatic nitrogens is 4. The van der Waals surface area contributed by atoms with Gasteiger partial charge in [-0.15, -0.1) is 5.10 Å². The first kappa shape index (κ1) is 9.60. The minimum atomic E-state index is 0.637. The Labute approximate surface area is 93.4 Å². The van der Waals surface area contributed by atoms with Crippen LogP contribution in [0, 0.1) is 0 Å². The number of nitrogens with one attached hydrogen (secondary N) is 1. The summed E-state index contributed by atoms with van der Waals surface area (Å²) in [6.07, 6.45) is 3.65. The fourth-order valence-electron chi connectivity index (χ4n) is 1.08. The van der Waals surface area contributed by atoms with Crippen molar-refractivity contribution >= 4 is 32.5 Å². The van der Waals surface area contributed by atoms with Crippen LogP contribution in [0.5, 0.6) is 0 Å². The highest BCUT2D eigenvalue weighted by atomic mass is 79.9. The summed E-state index contributed by atoms with van der Waals surface area (Å²) in [5, 5.41) is 12.2. The number of nitrogens with zero attached hydrogens (tertiary/aromatic N) is 4. The lowest BCUT2D eigenvalue weighted by molar-refractivity contribution is 0.671. The molecule has 0 saturated heterocycles. The summed E-state index contributed by atoms with van der Waals surface area (Å²) < 4.78 is 6.64. The largest absolute Gasteiger partial charge is 0.377 e. The van der Waals surface area contributed by atoms with Crippen LogP contribution in [0.2, 0.25) is 0 Å². The van der Waals surface area contributed by atoms with Gasteiger partial charge in [-0.3, -0.25) is 4.68 Å². The van der Waals surface area contributed by atoms with E-state index in [9.17, 15) is 0 Å². The molecule has 0 bridgehead atoms.